The van der Waals surface area contributed by atoms with Gasteiger partial charge in [-0.2, -0.15) is 0 Å². The SMILES string of the molecule is COc1ccccc1-c1c[nH]c2ncc(-c3cc(F)c(N(C)CCN(C)C)c(C(=O)N(C)C)c3)cc12. The molecule has 1 amide bonds. The number of aromatic amines is 1. The number of amides is 1. The minimum Gasteiger partial charge on any atom is -0.496 e. The van der Waals surface area contributed by atoms with E-state index in [2.05, 4.69) is 9.97 Å². The number of pyridine rings is 1. The molecule has 0 saturated carbocycles. The lowest BCUT2D eigenvalue weighted by molar-refractivity contribution is 0.0828. The van der Waals surface area contributed by atoms with Crippen LogP contribution in [0.3, 0.4) is 0 Å². The minimum absolute atomic E-state index is 0.257. The summed E-state index contributed by atoms with van der Waals surface area (Å²) in [5, 5.41) is 0.880. The number of nitrogens with zero attached hydrogens (tertiary/aromatic N) is 4. The zero-order valence-corrected chi connectivity index (χ0v) is 21.6. The molecule has 2 heterocycles. The number of hydrogen-bond acceptors (Lipinski definition) is 5. The summed E-state index contributed by atoms with van der Waals surface area (Å²) in [5.41, 5.74) is 4.49. The summed E-state index contributed by atoms with van der Waals surface area (Å²) in [7, 11) is 10.7. The topological polar surface area (TPSA) is 64.7 Å². The van der Waals surface area contributed by atoms with Gasteiger partial charge in [-0.15, -0.1) is 0 Å². The van der Waals surface area contributed by atoms with Gasteiger partial charge in [0.05, 0.1) is 18.4 Å². The monoisotopic (exact) mass is 489 g/mol. The van der Waals surface area contributed by atoms with E-state index in [0.29, 0.717) is 34.6 Å². The Balaban J connectivity index is 1.84. The molecule has 0 bridgehead atoms. The molecule has 2 aromatic heterocycles. The van der Waals surface area contributed by atoms with E-state index < -0.39 is 5.82 Å². The molecule has 0 radical (unpaired) electrons. The number of methoxy groups -OCH3 is 1. The fraction of sp³-hybridized carbons (Fsp3) is 0.286. The van der Waals surface area contributed by atoms with Crippen LogP contribution in [0.25, 0.3) is 33.3 Å². The maximum Gasteiger partial charge on any atom is 0.255 e. The molecule has 1 N–H and O–H groups in total. The summed E-state index contributed by atoms with van der Waals surface area (Å²) in [4.78, 5) is 26.2. The lowest BCUT2D eigenvalue weighted by Gasteiger charge is -2.26. The van der Waals surface area contributed by atoms with Crippen LogP contribution in [0.15, 0.2) is 54.9 Å². The van der Waals surface area contributed by atoms with Crippen LogP contribution in [-0.2, 0) is 0 Å². The van der Waals surface area contributed by atoms with E-state index in [4.69, 9.17) is 4.74 Å². The van der Waals surface area contributed by atoms with E-state index >= 15 is 4.39 Å². The highest BCUT2D eigenvalue weighted by molar-refractivity contribution is 6.02. The Morgan fingerprint density at radius 3 is 2.44 bits per heavy atom. The number of nitrogens with one attached hydrogen (secondary N) is 1. The Kier molecular flexibility index (Phi) is 7.26. The molecule has 0 atom stereocenters. The molecule has 0 unspecified atom stereocenters. The van der Waals surface area contributed by atoms with Gasteiger partial charge in [0.1, 0.15) is 17.2 Å². The first-order chi connectivity index (χ1) is 17.2. The van der Waals surface area contributed by atoms with Gasteiger partial charge in [0.25, 0.3) is 5.91 Å². The first kappa shape index (κ1) is 25.2. The molecular weight excluding hydrogens is 457 g/mol. The van der Waals surface area contributed by atoms with E-state index in [1.54, 1.807) is 45.4 Å². The molecular formula is C28H32FN5O2. The summed E-state index contributed by atoms with van der Waals surface area (Å²) in [6, 6.07) is 13.0. The summed E-state index contributed by atoms with van der Waals surface area (Å²) < 4.78 is 21.2. The van der Waals surface area contributed by atoms with Crippen LogP contribution in [-0.4, -0.2) is 81.1 Å². The number of carbonyl (C=O) groups excluding carboxylic acids is 1. The second-order valence-electron chi connectivity index (χ2n) is 9.30. The van der Waals surface area contributed by atoms with Crippen molar-refractivity contribution < 1.29 is 13.9 Å². The Labute approximate surface area is 211 Å². The average Bonchev–Trinajstić information content (AvgIpc) is 3.29. The first-order valence-electron chi connectivity index (χ1n) is 11.7. The Bertz CT molecular complexity index is 1400. The van der Waals surface area contributed by atoms with Gasteiger partial charge in [-0.25, -0.2) is 9.37 Å². The Morgan fingerprint density at radius 1 is 1.00 bits per heavy atom. The molecule has 0 fully saturated rings. The quantitative estimate of drug-likeness (QED) is 0.387. The summed E-state index contributed by atoms with van der Waals surface area (Å²) in [5.74, 6) is 0.0461. The summed E-state index contributed by atoms with van der Waals surface area (Å²) >= 11 is 0. The minimum atomic E-state index is -0.446. The van der Waals surface area contributed by atoms with Gasteiger partial charge in [-0.05, 0) is 43.9 Å². The molecule has 0 aliphatic carbocycles. The Hall–Kier alpha value is -3.91. The molecule has 36 heavy (non-hydrogen) atoms. The van der Waals surface area contributed by atoms with Gasteiger partial charge in [-0.1, -0.05) is 18.2 Å². The highest BCUT2D eigenvalue weighted by Crippen LogP contribution is 2.37. The average molecular weight is 490 g/mol. The number of carbonyl (C=O) groups is 1. The Morgan fingerprint density at radius 2 is 1.75 bits per heavy atom. The van der Waals surface area contributed by atoms with Crippen molar-refractivity contribution in [3.63, 3.8) is 0 Å². The van der Waals surface area contributed by atoms with Crippen molar-refractivity contribution in [2.75, 3.05) is 60.3 Å². The van der Waals surface area contributed by atoms with Gasteiger partial charge >= 0.3 is 0 Å². The van der Waals surface area contributed by atoms with Crippen molar-refractivity contribution in [1.29, 1.82) is 0 Å². The third-order valence-electron chi connectivity index (χ3n) is 6.23. The van der Waals surface area contributed by atoms with Crippen molar-refractivity contribution >= 4 is 22.6 Å². The third-order valence-corrected chi connectivity index (χ3v) is 6.23. The number of halogens is 1. The highest BCUT2D eigenvalue weighted by Gasteiger charge is 2.23. The van der Waals surface area contributed by atoms with Gasteiger partial charge in [-0.3, -0.25) is 4.79 Å². The molecule has 2 aromatic carbocycles. The number of rotatable bonds is 8. The summed E-state index contributed by atoms with van der Waals surface area (Å²) in [6.07, 6.45) is 3.59. The zero-order valence-electron chi connectivity index (χ0n) is 21.6. The van der Waals surface area contributed by atoms with Crippen LogP contribution < -0.4 is 9.64 Å². The fourth-order valence-corrected chi connectivity index (χ4v) is 4.27. The van der Waals surface area contributed by atoms with Gasteiger partial charge in [0.15, 0.2) is 0 Å². The standard InChI is InChI=1S/C28H32FN5O2/c1-32(2)11-12-34(5)26-22(28(35)33(3)4)13-18(15-24(26)29)19-14-21-23(17-31-27(21)30-16-19)20-9-7-8-10-25(20)36-6/h7-10,13-17H,11-12H2,1-6H3,(H,30,31). The van der Waals surface area contributed by atoms with Crippen molar-refractivity contribution in [1.82, 2.24) is 19.8 Å². The maximum absolute atomic E-state index is 15.6. The second-order valence-corrected chi connectivity index (χ2v) is 9.30. The van der Waals surface area contributed by atoms with E-state index in [1.165, 1.54) is 11.0 Å². The number of anilines is 1. The van der Waals surface area contributed by atoms with Crippen molar-refractivity contribution in [2.45, 2.75) is 0 Å². The van der Waals surface area contributed by atoms with Crippen LogP contribution in [0.5, 0.6) is 5.75 Å². The molecule has 0 aliphatic heterocycles. The van der Waals surface area contributed by atoms with Crippen LogP contribution >= 0.6 is 0 Å². The molecule has 0 spiro atoms. The number of aromatic nitrogens is 2. The number of fused-ring (bicyclic) bond motifs is 1. The normalized spacial score (nSPS) is 11.2. The third kappa shape index (κ3) is 4.90. The number of likely N-dealkylation sites (N-methyl/N-ethyl adjacent to an activating group) is 2. The van der Waals surface area contributed by atoms with E-state index in [9.17, 15) is 4.79 Å². The molecule has 4 aromatic rings. The molecule has 188 valence electrons. The molecule has 8 heteroatoms. The van der Waals surface area contributed by atoms with Gasteiger partial charge in [0, 0.05) is 68.7 Å². The summed E-state index contributed by atoms with van der Waals surface area (Å²) in [6.45, 7) is 1.31. The molecule has 7 nitrogen and oxygen atoms in total. The van der Waals surface area contributed by atoms with Gasteiger partial charge < -0.3 is 24.4 Å². The number of ether oxygens (including phenoxy) is 1. The number of hydrogen-bond donors (Lipinski definition) is 1. The van der Waals surface area contributed by atoms with Crippen molar-refractivity contribution in [2.24, 2.45) is 0 Å². The van der Waals surface area contributed by atoms with Crippen LogP contribution in [0, 0.1) is 5.82 Å². The lowest BCUT2D eigenvalue weighted by Crippen LogP contribution is -2.32. The van der Waals surface area contributed by atoms with E-state index in [1.807, 2.05) is 55.5 Å². The van der Waals surface area contributed by atoms with Crippen LogP contribution in [0.2, 0.25) is 0 Å². The van der Waals surface area contributed by atoms with Crippen molar-refractivity contribution in [3.05, 3.63) is 66.2 Å². The predicted octanol–water partition coefficient (Wildman–Crippen LogP) is 4.74. The molecule has 4 rings (SSSR count). The lowest BCUT2D eigenvalue weighted by atomic mass is 9.98. The second kappa shape index (κ2) is 10.4. The fourth-order valence-electron chi connectivity index (χ4n) is 4.27. The van der Waals surface area contributed by atoms with Crippen LogP contribution in [0.4, 0.5) is 10.1 Å². The smallest absolute Gasteiger partial charge is 0.255 e. The number of H-pyrrole nitrogens is 1. The van der Waals surface area contributed by atoms with E-state index in [0.717, 1.165) is 28.8 Å². The largest absolute Gasteiger partial charge is 0.496 e. The first-order valence-corrected chi connectivity index (χ1v) is 11.7. The highest BCUT2D eigenvalue weighted by atomic mass is 19.1. The number of para-hydroxylation sites is 1. The van der Waals surface area contributed by atoms with Crippen molar-refractivity contribution in [3.8, 4) is 28.0 Å². The van der Waals surface area contributed by atoms with Crippen LogP contribution in [0.1, 0.15) is 10.4 Å². The molecule has 0 aliphatic rings. The molecule has 0 saturated heterocycles. The zero-order chi connectivity index (χ0) is 26.0. The van der Waals surface area contributed by atoms with E-state index in [-0.39, 0.29) is 5.91 Å². The van der Waals surface area contributed by atoms with Gasteiger partial charge in [0.2, 0.25) is 0 Å². The maximum atomic E-state index is 15.6. The number of benzene rings is 2. The predicted molar refractivity (Wildman–Crippen MR) is 143 cm³/mol.